The number of hydrogen-bond acceptors (Lipinski definition) is 3. The van der Waals surface area contributed by atoms with Crippen LogP contribution >= 0.6 is 11.3 Å². The molecule has 2 aromatic heterocycles. The first-order valence-electron chi connectivity index (χ1n) is 15.1. The number of nitrogens with zero attached hydrogens (tertiary/aromatic N) is 1. The van der Waals surface area contributed by atoms with Crippen LogP contribution in [0.3, 0.4) is 0 Å². The van der Waals surface area contributed by atoms with Gasteiger partial charge in [-0.2, -0.15) is 0 Å². The number of fused-ring (bicyclic) bond motifs is 7. The topological polar surface area (TPSA) is 29.0 Å². The molecule has 1 atom stereocenters. The van der Waals surface area contributed by atoms with E-state index in [0.717, 1.165) is 12.2 Å². The van der Waals surface area contributed by atoms with E-state index in [1.165, 1.54) is 69.8 Å². The first-order chi connectivity index (χ1) is 21.8. The van der Waals surface area contributed by atoms with Crippen molar-refractivity contribution in [3.63, 3.8) is 0 Å². The van der Waals surface area contributed by atoms with Crippen molar-refractivity contribution in [2.75, 3.05) is 6.54 Å². The van der Waals surface area contributed by atoms with Gasteiger partial charge in [-0.3, -0.25) is 5.32 Å². The molecule has 8 aromatic rings. The van der Waals surface area contributed by atoms with Crippen LogP contribution in [0.2, 0.25) is 0 Å². The van der Waals surface area contributed by atoms with Crippen molar-refractivity contribution < 1.29 is 0 Å². The van der Waals surface area contributed by atoms with E-state index in [1.54, 1.807) is 0 Å². The second-order valence-electron chi connectivity index (χ2n) is 11.4. The molecule has 1 unspecified atom stereocenters. The van der Waals surface area contributed by atoms with E-state index < -0.39 is 0 Å². The Hall–Kier alpha value is -5.16. The summed E-state index contributed by atoms with van der Waals surface area (Å²) in [6.07, 6.45) is 2.17. The molecule has 210 valence electrons. The van der Waals surface area contributed by atoms with Gasteiger partial charge in [0.25, 0.3) is 0 Å². The van der Waals surface area contributed by atoms with Gasteiger partial charge >= 0.3 is 0 Å². The standard InChI is InChI=1S/C40H29N3S/c1-2-9-26(10-3-1)27-17-19-28(20-18-27)29-11-8-12-30(25-29)34-23-24-41-40(42-34)43-35-15-6-4-14-33(35)38-36(43)22-21-32-31-13-5-7-16-37(31)44-39(32)38/h1-23,25,40-42H,24H2. The van der Waals surface area contributed by atoms with E-state index in [9.17, 15) is 0 Å². The molecule has 2 N–H and O–H groups in total. The van der Waals surface area contributed by atoms with Crippen LogP contribution in [-0.2, 0) is 0 Å². The summed E-state index contributed by atoms with van der Waals surface area (Å²) >= 11 is 1.90. The largest absolute Gasteiger partial charge is 0.352 e. The maximum atomic E-state index is 3.86. The van der Waals surface area contributed by atoms with E-state index in [1.807, 2.05) is 11.3 Å². The molecule has 4 heteroatoms. The summed E-state index contributed by atoms with van der Waals surface area (Å²) in [7, 11) is 0. The molecule has 0 saturated heterocycles. The summed E-state index contributed by atoms with van der Waals surface area (Å²) in [5.74, 6) is 0. The molecule has 0 amide bonds. The Morgan fingerprint density at radius 2 is 1.23 bits per heavy atom. The normalized spacial score (nSPS) is 15.2. The molecule has 1 aliphatic heterocycles. The zero-order valence-electron chi connectivity index (χ0n) is 24.0. The first-order valence-corrected chi connectivity index (χ1v) is 15.9. The number of benzene rings is 6. The Morgan fingerprint density at radius 1 is 0.545 bits per heavy atom. The number of thiophene rings is 1. The molecule has 44 heavy (non-hydrogen) atoms. The molecule has 0 aliphatic carbocycles. The highest BCUT2D eigenvalue weighted by atomic mass is 32.1. The van der Waals surface area contributed by atoms with E-state index >= 15 is 0 Å². The van der Waals surface area contributed by atoms with Gasteiger partial charge in [-0.25, -0.2) is 0 Å². The molecule has 6 aromatic carbocycles. The molecule has 9 rings (SSSR count). The van der Waals surface area contributed by atoms with Gasteiger partial charge in [-0.15, -0.1) is 11.3 Å². The van der Waals surface area contributed by atoms with Gasteiger partial charge in [-0.05, 0) is 58.2 Å². The maximum Gasteiger partial charge on any atom is 0.160 e. The Balaban J connectivity index is 1.09. The maximum absolute atomic E-state index is 3.86. The molecule has 0 spiro atoms. The summed E-state index contributed by atoms with van der Waals surface area (Å²) < 4.78 is 5.13. The third-order valence-corrected chi connectivity index (χ3v) is 10.1. The van der Waals surface area contributed by atoms with E-state index in [0.29, 0.717) is 0 Å². The zero-order chi connectivity index (χ0) is 29.0. The Morgan fingerprint density at radius 3 is 2.09 bits per heavy atom. The zero-order valence-corrected chi connectivity index (χ0v) is 24.8. The van der Waals surface area contributed by atoms with Crippen LogP contribution in [-0.4, -0.2) is 11.1 Å². The molecule has 1 aliphatic rings. The minimum absolute atomic E-state index is 0.0851. The van der Waals surface area contributed by atoms with Crippen molar-refractivity contribution in [2.24, 2.45) is 0 Å². The van der Waals surface area contributed by atoms with Crippen molar-refractivity contribution >= 4 is 59.0 Å². The van der Waals surface area contributed by atoms with Gasteiger partial charge in [0.1, 0.15) is 0 Å². The Kier molecular flexibility index (Phi) is 5.90. The fourth-order valence-corrected chi connectivity index (χ4v) is 8.04. The molecule has 0 saturated carbocycles. The Bertz CT molecular complexity index is 2360. The predicted octanol–water partition coefficient (Wildman–Crippen LogP) is 10.2. The lowest BCUT2D eigenvalue weighted by Gasteiger charge is -2.30. The van der Waals surface area contributed by atoms with Crippen molar-refractivity contribution in [1.82, 2.24) is 15.2 Å². The highest BCUT2D eigenvalue weighted by Crippen LogP contribution is 2.43. The average molecular weight is 584 g/mol. The summed E-state index contributed by atoms with van der Waals surface area (Å²) in [5.41, 5.74) is 9.70. The fourth-order valence-electron chi connectivity index (χ4n) is 6.78. The molecule has 0 bridgehead atoms. The van der Waals surface area contributed by atoms with Gasteiger partial charge in [0.2, 0.25) is 0 Å². The summed E-state index contributed by atoms with van der Waals surface area (Å²) in [6, 6.07) is 50.5. The van der Waals surface area contributed by atoms with E-state index in [-0.39, 0.29) is 6.29 Å². The SMILES string of the molecule is C1=C(c2cccc(-c3ccc(-c4ccccc4)cc3)c2)NC(n2c3ccccc3c3c4sc5ccccc5c4ccc32)NC1. The van der Waals surface area contributed by atoms with Crippen LogP contribution in [0.25, 0.3) is 69.9 Å². The molecular weight excluding hydrogens is 555 g/mol. The third kappa shape index (κ3) is 4.07. The molecule has 3 heterocycles. The van der Waals surface area contributed by atoms with Crippen molar-refractivity contribution in [1.29, 1.82) is 0 Å². The lowest BCUT2D eigenvalue weighted by atomic mass is 9.98. The van der Waals surface area contributed by atoms with Crippen LogP contribution in [0.5, 0.6) is 0 Å². The monoisotopic (exact) mass is 583 g/mol. The van der Waals surface area contributed by atoms with Crippen molar-refractivity contribution in [3.05, 3.63) is 151 Å². The molecule has 0 fully saturated rings. The van der Waals surface area contributed by atoms with Gasteiger partial charge < -0.3 is 9.88 Å². The second-order valence-corrected chi connectivity index (χ2v) is 12.5. The van der Waals surface area contributed by atoms with Crippen LogP contribution < -0.4 is 10.6 Å². The fraction of sp³-hybridized carbons (Fsp3) is 0.0500. The smallest absolute Gasteiger partial charge is 0.160 e. The Labute approximate surface area is 259 Å². The molecule has 3 nitrogen and oxygen atoms in total. The minimum Gasteiger partial charge on any atom is -0.352 e. The number of aromatic nitrogens is 1. The summed E-state index contributed by atoms with van der Waals surface area (Å²) in [6.45, 7) is 0.780. The van der Waals surface area contributed by atoms with Crippen molar-refractivity contribution in [3.8, 4) is 22.3 Å². The van der Waals surface area contributed by atoms with Crippen LogP contribution in [0, 0.1) is 0 Å². The summed E-state index contributed by atoms with van der Waals surface area (Å²) in [5, 5.41) is 12.9. The number of rotatable bonds is 4. The lowest BCUT2D eigenvalue weighted by molar-refractivity contribution is 0.395. The van der Waals surface area contributed by atoms with Crippen molar-refractivity contribution in [2.45, 2.75) is 6.29 Å². The van der Waals surface area contributed by atoms with Gasteiger partial charge in [-0.1, -0.05) is 115 Å². The second kappa shape index (κ2) is 10.2. The van der Waals surface area contributed by atoms with Gasteiger partial charge in [0, 0.05) is 43.2 Å². The van der Waals surface area contributed by atoms with Crippen LogP contribution in [0.15, 0.2) is 146 Å². The van der Waals surface area contributed by atoms with Gasteiger partial charge in [0.15, 0.2) is 6.29 Å². The third-order valence-electron chi connectivity index (χ3n) is 8.88. The molecule has 0 radical (unpaired) electrons. The highest BCUT2D eigenvalue weighted by Gasteiger charge is 2.23. The predicted molar refractivity (Wildman–Crippen MR) is 188 cm³/mol. The van der Waals surface area contributed by atoms with E-state index in [4.69, 9.17) is 0 Å². The summed E-state index contributed by atoms with van der Waals surface area (Å²) in [4.78, 5) is 0. The lowest BCUT2D eigenvalue weighted by Crippen LogP contribution is -2.41. The molecular formula is C40H29N3S. The number of nitrogens with one attached hydrogen (secondary N) is 2. The van der Waals surface area contributed by atoms with E-state index in [2.05, 4.69) is 161 Å². The van der Waals surface area contributed by atoms with Crippen LogP contribution in [0.4, 0.5) is 0 Å². The van der Waals surface area contributed by atoms with Crippen LogP contribution in [0.1, 0.15) is 11.9 Å². The minimum atomic E-state index is -0.0851. The van der Waals surface area contributed by atoms with Gasteiger partial charge in [0.05, 0.1) is 11.0 Å². The quantitative estimate of drug-likeness (QED) is 0.216. The average Bonchev–Trinajstić information content (AvgIpc) is 3.65. The highest BCUT2D eigenvalue weighted by molar-refractivity contribution is 7.26. The number of hydrogen-bond donors (Lipinski definition) is 2. The number of para-hydroxylation sites is 1. The first kappa shape index (κ1) is 25.3.